The summed E-state index contributed by atoms with van der Waals surface area (Å²) < 4.78 is 38.4. The highest BCUT2D eigenvalue weighted by atomic mass is 35.5. The molecule has 10 aromatic rings. The van der Waals surface area contributed by atoms with Gasteiger partial charge >= 0.3 is 5.97 Å². The van der Waals surface area contributed by atoms with Crippen molar-refractivity contribution in [1.29, 1.82) is 5.26 Å². The van der Waals surface area contributed by atoms with Crippen LogP contribution in [0.4, 0.5) is 4.39 Å². The SMILES string of the molecule is COc1ccc(-c2cccc[n+]2C)c(C)c1.Cc1c(-c2ccc(C#N)c[n+]2C)cc2c(c1Cl)COC2=O.Cc1cc2occc2cc1-c1cc(F)cc[n+]1C.Cc1sc2ccccc2c1-c1cccc[n+]1C. The van der Waals surface area contributed by atoms with Crippen LogP contribution in [0.25, 0.3) is 66.1 Å². The first-order valence-electron chi connectivity index (χ1n) is 23.2. The zero-order valence-corrected chi connectivity index (χ0v) is 43.3. The van der Waals surface area contributed by atoms with E-state index in [0.717, 1.165) is 55.9 Å². The molecule has 0 atom stereocenters. The zero-order valence-electron chi connectivity index (χ0n) is 41.8. The Kier molecular flexibility index (Phi) is 15.3. The number of nitrogens with zero attached hydrogens (tertiary/aromatic N) is 5. The summed E-state index contributed by atoms with van der Waals surface area (Å²) in [5.41, 5.74) is 14.6. The third kappa shape index (κ3) is 10.7. The van der Waals surface area contributed by atoms with Crippen LogP contribution in [0.5, 0.6) is 5.75 Å². The molecule has 0 unspecified atom stereocenters. The molecule has 0 aliphatic carbocycles. The second-order valence-electron chi connectivity index (χ2n) is 17.6. The lowest BCUT2D eigenvalue weighted by molar-refractivity contribution is -0.660. The van der Waals surface area contributed by atoms with Crippen molar-refractivity contribution in [3.05, 3.63) is 208 Å². The van der Waals surface area contributed by atoms with Crippen molar-refractivity contribution < 1.29 is 41.3 Å². The van der Waals surface area contributed by atoms with E-state index in [-0.39, 0.29) is 18.4 Å². The van der Waals surface area contributed by atoms with E-state index in [1.165, 1.54) is 49.1 Å². The van der Waals surface area contributed by atoms with Gasteiger partial charge in [0.1, 0.15) is 63.6 Å². The van der Waals surface area contributed by atoms with Crippen LogP contribution in [-0.4, -0.2) is 13.1 Å². The van der Waals surface area contributed by atoms with Gasteiger partial charge in [-0.15, -0.1) is 11.3 Å². The van der Waals surface area contributed by atoms with Crippen molar-refractivity contribution in [2.24, 2.45) is 28.2 Å². The molecule has 0 fully saturated rings. The molecule has 6 aromatic heterocycles. The zero-order chi connectivity index (χ0) is 51.2. The molecule has 12 heteroatoms. The molecule has 11 rings (SSSR count). The summed E-state index contributed by atoms with van der Waals surface area (Å²) in [6.45, 7) is 8.45. The van der Waals surface area contributed by atoms with E-state index in [1.807, 2.05) is 90.9 Å². The van der Waals surface area contributed by atoms with Crippen LogP contribution in [0.1, 0.15) is 43.1 Å². The Morgan fingerprint density at radius 2 is 1.36 bits per heavy atom. The van der Waals surface area contributed by atoms with Crippen LogP contribution < -0.4 is 23.0 Å². The van der Waals surface area contributed by atoms with Crippen molar-refractivity contribution in [2.75, 3.05) is 7.11 Å². The molecule has 0 saturated heterocycles. The van der Waals surface area contributed by atoms with E-state index in [9.17, 15) is 9.18 Å². The predicted molar refractivity (Wildman–Crippen MR) is 282 cm³/mol. The Hall–Kier alpha value is -8.04. The van der Waals surface area contributed by atoms with Crippen molar-refractivity contribution in [2.45, 2.75) is 34.3 Å². The third-order valence-corrected chi connectivity index (χ3v) is 14.4. The van der Waals surface area contributed by atoms with E-state index in [0.29, 0.717) is 16.1 Å². The number of halogens is 2. The molecule has 1 aliphatic rings. The van der Waals surface area contributed by atoms with Crippen molar-refractivity contribution in [3.8, 4) is 56.8 Å². The van der Waals surface area contributed by atoms with Crippen molar-refractivity contribution in [1.82, 2.24) is 0 Å². The molecule has 0 radical (unpaired) electrons. The van der Waals surface area contributed by atoms with Gasteiger partial charge in [-0.2, -0.15) is 9.83 Å². The summed E-state index contributed by atoms with van der Waals surface area (Å²) >= 11 is 8.25. The fourth-order valence-electron chi connectivity index (χ4n) is 8.88. The minimum atomic E-state index is -0.343. The molecule has 0 bridgehead atoms. The summed E-state index contributed by atoms with van der Waals surface area (Å²) in [5.74, 6) is 0.332. The normalized spacial score (nSPS) is 11.3. The minimum absolute atomic E-state index is 0.227. The van der Waals surface area contributed by atoms with Crippen molar-refractivity contribution >= 4 is 50.0 Å². The second-order valence-corrected chi connectivity index (χ2v) is 19.2. The molecule has 360 valence electrons. The molecule has 7 heterocycles. The number of nitriles is 1. The van der Waals surface area contributed by atoms with Gasteiger partial charge in [0.2, 0.25) is 22.8 Å². The maximum absolute atomic E-state index is 13.4. The number of furan rings is 1. The quantitative estimate of drug-likeness (QED) is 0.127. The van der Waals surface area contributed by atoms with Gasteiger partial charge in [0.05, 0.1) is 40.6 Å². The topological polar surface area (TPSA) is 88.0 Å². The molecular formula is C60H55ClFN5O4S+4. The number of esters is 1. The number of benzene rings is 4. The number of fused-ring (bicyclic) bond motifs is 3. The Bertz CT molecular complexity index is 3710. The highest BCUT2D eigenvalue weighted by Gasteiger charge is 2.29. The predicted octanol–water partition coefficient (Wildman–Crippen LogP) is 12.3. The van der Waals surface area contributed by atoms with Gasteiger partial charge in [0.25, 0.3) is 0 Å². The molecule has 0 N–H and O–H groups in total. The van der Waals surface area contributed by atoms with Gasteiger partial charge in [0, 0.05) is 73.9 Å². The van der Waals surface area contributed by atoms with Crippen LogP contribution in [0.3, 0.4) is 0 Å². The van der Waals surface area contributed by atoms with Gasteiger partial charge in [-0.05, 0) is 111 Å². The first-order chi connectivity index (χ1) is 34.7. The van der Waals surface area contributed by atoms with E-state index < -0.39 is 0 Å². The van der Waals surface area contributed by atoms with E-state index in [4.69, 9.17) is 30.8 Å². The first-order valence-corrected chi connectivity index (χ1v) is 24.4. The van der Waals surface area contributed by atoms with Crippen LogP contribution in [0.15, 0.2) is 163 Å². The van der Waals surface area contributed by atoms with Crippen LogP contribution in [0, 0.1) is 44.8 Å². The molecule has 4 aromatic carbocycles. The summed E-state index contributed by atoms with van der Waals surface area (Å²) in [5, 5.41) is 11.9. The number of pyridine rings is 4. The maximum Gasteiger partial charge on any atom is 0.338 e. The molecule has 0 saturated carbocycles. The van der Waals surface area contributed by atoms with Crippen molar-refractivity contribution in [3.63, 3.8) is 0 Å². The summed E-state index contributed by atoms with van der Waals surface area (Å²) in [6, 6.07) is 43.8. The molecule has 1 aliphatic heterocycles. The number of hydrogen-bond donors (Lipinski definition) is 0. The van der Waals surface area contributed by atoms with Gasteiger partial charge in [-0.1, -0.05) is 29.8 Å². The Labute approximate surface area is 428 Å². The minimum Gasteiger partial charge on any atom is -0.497 e. The molecule has 0 amide bonds. The van der Waals surface area contributed by atoms with Gasteiger partial charge < -0.3 is 13.9 Å². The number of carbonyl (C=O) groups is 1. The summed E-state index contributed by atoms with van der Waals surface area (Å²) in [6.07, 6.45) is 9.29. The van der Waals surface area contributed by atoms with E-state index in [2.05, 4.69) is 122 Å². The number of thiophene rings is 1. The Balaban J connectivity index is 0.000000129. The maximum atomic E-state index is 13.4. The lowest BCUT2D eigenvalue weighted by Gasteiger charge is -2.09. The average Bonchev–Trinajstić information content (AvgIpc) is 4.10. The van der Waals surface area contributed by atoms with Crippen LogP contribution in [-0.2, 0) is 39.5 Å². The third-order valence-electron chi connectivity index (χ3n) is 12.8. The number of ether oxygens (including phenoxy) is 2. The highest BCUT2D eigenvalue weighted by Crippen LogP contribution is 2.38. The van der Waals surface area contributed by atoms with E-state index in [1.54, 1.807) is 37.9 Å². The number of rotatable bonds is 5. The second kappa shape index (κ2) is 21.9. The van der Waals surface area contributed by atoms with Gasteiger partial charge in [0.15, 0.2) is 24.8 Å². The monoisotopic (exact) mass is 995 g/mol. The standard InChI is InChI=1S/C16H12ClN2O2.C15H13FNO.C15H14NS.C14H16NO/c1-9-11(14-4-3-10(6-18)7-19(14)2)5-12-13(15(9)17)8-21-16(12)20;1-10-7-15-11(4-6-18-15)8-13(10)14-9-12(16)3-5-17(14)2;1-11-15(13-8-5-6-10-16(13)2)12-7-3-4-9-14(12)17-11;1-11-10-12(16-3)7-8-13(11)14-6-4-5-9-15(14)2/h3-5,7H,8H2,1-2H3;3-9H,1-2H3;3-10H,1-2H3;4-10H,1-3H3/q4*+1. The molecule has 9 nitrogen and oxygen atoms in total. The van der Waals surface area contributed by atoms with Crippen LogP contribution >= 0.6 is 22.9 Å². The molecular weight excluding hydrogens is 941 g/mol. The molecule has 72 heavy (non-hydrogen) atoms. The van der Waals surface area contributed by atoms with E-state index >= 15 is 0 Å². The Morgan fingerprint density at radius 1 is 0.681 bits per heavy atom. The number of aromatic nitrogens is 4. The fraction of sp³-hybridized carbons (Fsp3) is 0.167. The smallest absolute Gasteiger partial charge is 0.338 e. The largest absolute Gasteiger partial charge is 0.497 e. The van der Waals surface area contributed by atoms with Gasteiger partial charge in [-0.25, -0.2) is 22.9 Å². The average molecular weight is 997 g/mol. The summed E-state index contributed by atoms with van der Waals surface area (Å²) in [7, 11) is 9.61. The number of hydrogen-bond acceptors (Lipinski definition) is 6. The van der Waals surface area contributed by atoms with Crippen LogP contribution in [0.2, 0.25) is 5.02 Å². The highest BCUT2D eigenvalue weighted by molar-refractivity contribution is 7.19. The Morgan fingerprint density at radius 3 is 2.06 bits per heavy atom. The first kappa shape index (κ1) is 50.4. The number of carbonyl (C=O) groups excluding carboxylic acids is 1. The number of aryl methyl sites for hydroxylation is 7. The lowest BCUT2D eigenvalue weighted by Crippen LogP contribution is -2.31. The fourth-order valence-corrected chi connectivity index (χ4v) is 10.2. The van der Waals surface area contributed by atoms with Gasteiger partial charge in [-0.3, -0.25) is 0 Å². The number of cyclic esters (lactones) is 1. The number of methoxy groups -OCH3 is 1. The lowest BCUT2D eigenvalue weighted by atomic mass is 9.97. The molecule has 0 spiro atoms. The summed E-state index contributed by atoms with van der Waals surface area (Å²) in [4.78, 5) is 13.1.